The summed E-state index contributed by atoms with van der Waals surface area (Å²) in [4.78, 5) is 10.5. The first-order chi connectivity index (χ1) is 9.24. The van der Waals surface area contributed by atoms with Gasteiger partial charge in [0.1, 0.15) is 0 Å². The summed E-state index contributed by atoms with van der Waals surface area (Å²) in [6.45, 7) is 0.0528. The summed E-state index contributed by atoms with van der Waals surface area (Å²) < 4.78 is 52.0. The first-order valence-electron chi connectivity index (χ1n) is 5.97. The van der Waals surface area contributed by atoms with E-state index in [-0.39, 0.29) is 17.9 Å². The summed E-state index contributed by atoms with van der Waals surface area (Å²) >= 11 is 0. The van der Waals surface area contributed by atoms with Crippen LogP contribution in [0, 0.1) is 17.0 Å². The van der Waals surface area contributed by atoms with Crippen LogP contribution < -0.4 is 10.5 Å². The number of benzene rings is 1. The van der Waals surface area contributed by atoms with E-state index in [1.54, 1.807) is 0 Å². The van der Waals surface area contributed by atoms with E-state index in [4.69, 9.17) is 5.73 Å². The number of hydrogen-bond donors (Lipinski definition) is 2. The quantitative estimate of drug-likeness (QED) is 0.818. The highest BCUT2D eigenvalue weighted by atomic mass is 32.2. The van der Waals surface area contributed by atoms with Crippen molar-refractivity contribution in [1.82, 2.24) is 4.72 Å². The highest BCUT2D eigenvalue weighted by Gasteiger charge is 2.44. The molecule has 0 aliphatic heterocycles. The minimum absolute atomic E-state index is 0.0528. The first kappa shape index (κ1) is 14.9. The smallest absolute Gasteiger partial charge is 0.240 e. The minimum atomic E-state index is -3.94. The predicted octanol–water partition coefficient (Wildman–Crippen LogP) is 0.899. The lowest BCUT2D eigenvalue weighted by Gasteiger charge is -2.14. The molecule has 1 aromatic rings. The molecular formula is C12H14F2N2O3S. The molecule has 3 N–H and O–H groups in total. The zero-order valence-corrected chi connectivity index (χ0v) is 11.3. The van der Waals surface area contributed by atoms with Gasteiger partial charge >= 0.3 is 0 Å². The maximum atomic E-state index is 13.0. The topological polar surface area (TPSA) is 89.3 Å². The highest BCUT2D eigenvalue weighted by molar-refractivity contribution is 7.89. The Morgan fingerprint density at radius 3 is 2.45 bits per heavy atom. The number of nitrogens with two attached hydrogens (primary N) is 1. The molecule has 1 amide bonds. The molecule has 1 fully saturated rings. The van der Waals surface area contributed by atoms with Gasteiger partial charge in [-0.1, -0.05) is 0 Å². The number of sulfonamides is 1. The van der Waals surface area contributed by atoms with E-state index in [0.717, 1.165) is 12.1 Å². The second-order valence-electron chi connectivity index (χ2n) is 5.04. The van der Waals surface area contributed by atoms with Crippen LogP contribution in [0.4, 0.5) is 8.78 Å². The number of amides is 1. The number of carbonyl (C=O) groups is 1. The fraction of sp³-hybridized carbons (Fsp3) is 0.417. The van der Waals surface area contributed by atoms with E-state index in [9.17, 15) is 22.0 Å². The van der Waals surface area contributed by atoms with Crippen LogP contribution in [0.1, 0.15) is 19.3 Å². The van der Waals surface area contributed by atoms with Gasteiger partial charge in [-0.2, -0.15) is 0 Å². The number of rotatable bonds is 6. The van der Waals surface area contributed by atoms with Crippen molar-refractivity contribution in [3.63, 3.8) is 0 Å². The van der Waals surface area contributed by atoms with Crippen LogP contribution in [0.25, 0.3) is 0 Å². The lowest BCUT2D eigenvalue weighted by atomic mass is 10.0. The Hall–Kier alpha value is -1.54. The average molecular weight is 304 g/mol. The molecule has 1 aliphatic rings. The third-order valence-corrected chi connectivity index (χ3v) is 4.74. The molecule has 0 atom stereocenters. The van der Waals surface area contributed by atoms with Crippen LogP contribution in [0.5, 0.6) is 0 Å². The fourth-order valence-electron chi connectivity index (χ4n) is 1.94. The standard InChI is InChI=1S/C12H14F2N2O3S/c13-9-2-1-8(5-10(9)14)20(18,19)16-7-12(3-4-12)6-11(15)17/h1-2,5,16H,3-4,6-7H2,(H2,15,17). The lowest BCUT2D eigenvalue weighted by Crippen LogP contribution is -2.32. The van der Waals surface area contributed by atoms with E-state index >= 15 is 0 Å². The van der Waals surface area contributed by atoms with Crippen LogP contribution in [0.3, 0.4) is 0 Å². The number of carbonyl (C=O) groups excluding carboxylic acids is 1. The molecule has 0 unspecified atom stereocenters. The van der Waals surface area contributed by atoms with Crippen molar-refractivity contribution >= 4 is 15.9 Å². The molecular weight excluding hydrogens is 290 g/mol. The fourth-order valence-corrected chi connectivity index (χ4v) is 3.11. The molecule has 8 heteroatoms. The van der Waals surface area contributed by atoms with Crippen LogP contribution >= 0.6 is 0 Å². The number of nitrogens with one attached hydrogen (secondary N) is 1. The molecule has 0 saturated heterocycles. The Kier molecular flexibility index (Phi) is 3.79. The molecule has 0 bridgehead atoms. The number of hydrogen-bond acceptors (Lipinski definition) is 3. The van der Waals surface area contributed by atoms with E-state index in [2.05, 4.69) is 4.72 Å². The van der Waals surface area contributed by atoms with Gasteiger partial charge in [0.05, 0.1) is 4.90 Å². The number of halogens is 2. The summed E-state index contributed by atoms with van der Waals surface area (Å²) in [5.74, 6) is -2.84. The van der Waals surface area contributed by atoms with Crippen LogP contribution in [-0.2, 0) is 14.8 Å². The van der Waals surface area contributed by atoms with Crippen molar-refractivity contribution in [2.24, 2.45) is 11.1 Å². The van der Waals surface area contributed by atoms with Crippen molar-refractivity contribution in [3.05, 3.63) is 29.8 Å². The maximum Gasteiger partial charge on any atom is 0.240 e. The molecule has 2 rings (SSSR count). The number of primary amides is 1. The Bertz CT molecular complexity index is 642. The van der Waals surface area contributed by atoms with Crippen molar-refractivity contribution in [2.45, 2.75) is 24.2 Å². The SMILES string of the molecule is NC(=O)CC1(CNS(=O)(=O)c2ccc(F)c(F)c2)CC1. The van der Waals surface area contributed by atoms with E-state index in [0.29, 0.717) is 18.9 Å². The monoisotopic (exact) mass is 304 g/mol. The Morgan fingerprint density at radius 2 is 1.95 bits per heavy atom. The van der Waals surface area contributed by atoms with Crippen molar-refractivity contribution in [2.75, 3.05) is 6.54 Å². The Labute approximate surface area is 115 Å². The molecule has 1 aliphatic carbocycles. The van der Waals surface area contributed by atoms with Crippen molar-refractivity contribution in [3.8, 4) is 0 Å². The Morgan fingerprint density at radius 1 is 1.30 bits per heavy atom. The summed E-state index contributed by atoms with van der Waals surface area (Å²) in [6, 6.07) is 2.35. The molecule has 20 heavy (non-hydrogen) atoms. The third kappa shape index (κ3) is 3.31. The van der Waals surface area contributed by atoms with Gasteiger partial charge in [-0.3, -0.25) is 4.79 Å². The second-order valence-corrected chi connectivity index (χ2v) is 6.81. The van der Waals surface area contributed by atoms with Crippen molar-refractivity contribution in [1.29, 1.82) is 0 Å². The zero-order chi connectivity index (χ0) is 15.0. The van der Waals surface area contributed by atoms with Crippen LogP contribution in [0.15, 0.2) is 23.1 Å². The highest BCUT2D eigenvalue weighted by Crippen LogP contribution is 2.48. The normalized spacial score (nSPS) is 16.9. The summed E-state index contributed by atoms with van der Waals surface area (Å²) in [5, 5.41) is 0. The molecule has 0 aromatic heterocycles. The van der Waals surface area contributed by atoms with Gasteiger partial charge in [-0.25, -0.2) is 21.9 Å². The van der Waals surface area contributed by atoms with E-state index in [1.807, 2.05) is 0 Å². The predicted molar refractivity (Wildman–Crippen MR) is 67.0 cm³/mol. The minimum Gasteiger partial charge on any atom is -0.370 e. The van der Waals surface area contributed by atoms with Gasteiger partial charge in [-0.15, -0.1) is 0 Å². The van der Waals surface area contributed by atoms with Crippen LogP contribution in [-0.4, -0.2) is 20.9 Å². The first-order valence-corrected chi connectivity index (χ1v) is 7.45. The summed E-state index contributed by atoms with van der Waals surface area (Å²) in [7, 11) is -3.94. The third-order valence-electron chi connectivity index (χ3n) is 3.34. The van der Waals surface area contributed by atoms with Gasteiger partial charge < -0.3 is 5.73 Å². The Balaban J connectivity index is 2.08. The van der Waals surface area contributed by atoms with Crippen LogP contribution in [0.2, 0.25) is 0 Å². The van der Waals surface area contributed by atoms with Gasteiger partial charge in [-0.05, 0) is 36.5 Å². The lowest BCUT2D eigenvalue weighted by molar-refractivity contribution is -0.119. The summed E-state index contributed by atoms with van der Waals surface area (Å²) in [6.07, 6.45) is 1.51. The van der Waals surface area contributed by atoms with E-state index < -0.39 is 33.0 Å². The average Bonchev–Trinajstić information content (AvgIpc) is 3.10. The van der Waals surface area contributed by atoms with Gasteiger partial charge in [0.25, 0.3) is 0 Å². The van der Waals surface area contributed by atoms with Gasteiger partial charge in [0.2, 0.25) is 15.9 Å². The van der Waals surface area contributed by atoms with E-state index in [1.165, 1.54) is 0 Å². The molecule has 0 radical (unpaired) electrons. The second kappa shape index (κ2) is 5.10. The van der Waals surface area contributed by atoms with Gasteiger partial charge in [0, 0.05) is 13.0 Å². The molecule has 1 aromatic carbocycles. The maximum absolute atomic E-state index is 13.0. The molecule has 0 heterocycles. The molecule has 0 spiro atoms. The molecule has 1 saturated carbocycles. The van der Waals surface area contributed by atoms with Crippen molar-refractivity contribution < 1.29 is 22.0 Å². The summed E-state index contributed by atoms with van der Waals surface area (Å²) in [5.41, 5.74) is 4.67. The molecule has 5 nitrogen and oxygen atoms in total. The van der Waals surface area contributed by atoms with Gasteiger partial charge in [0.15, 0.2) is 11.6 Å². The zero-order valence-electron chi connectivity index (χ0n) is 10.5. The largest absolute Gasteiger partial charge is 0.370 e. The molecule has 110 valence electrons.